The van der Waals surface area contributed by atoms with Crippen LogP contribution in [0.15, 0.2) is 23.9 Å². The van der Waals surface area contributed by atoms with Crippen LogP contribution in [0, 0.1) is 0 Å². The van der Waals surface area contributed by atoms with E-state index in [0.717, 1.165) is 36.3 Å². The van der Waals surface area contributed by atoms with E-state index in [9.17, 15) is 14.7 Å². The lowest BCUT2D eigenvalue weighted by atomic mass is 10.1. The lowest BCUT2D eigenvalue weighted by Crippen LogP contribution is -2.45. The van der Waals surface area contributed by atoms with Gasteiger partial charge in [0.2, 0.25) is 5.91 Å². The monoisotopic (exact) mass is 332 g/mol. The second kappa shape index (κ2) is 8.44. The Bertz CT molecular complexity index is 639. The average molecular weight is 332 g/mol. The van der Waals surface area contributed by atoms with Gasteiger partial charge in [-0.1, -0.05) is 5.57 Å². The van der Waals surface area contributed by atoms with Crippen molar-refractivity contribution in [2.75, 3.05) is 25.0 Å². The number of allylic oxidation sites excluding steroid dienone is 1. The molecule has 2 heterocycles. The summed E-state index contributed by atoms with van der Waals surface area (Å²) in [7, 11) is 0. The Kier molecular flexibility index (Phi) is 6.31. The highest BCUT2D eigenvalue weighted by atomic mass is 16.3. The molecule has 0 radical (unpaired) electrons. The number of aromatic nitrogens is 1. The van der Waals surface area contributed by atoms with Gasteiger partial charge in [0, 0.05) is 25.4 Å². The predicted octanol–water partition coefficient (Wildman–Crippen LogP) is 0.613. The van der Waals surface area contributed by atoms with Crippen molar-refractivity contribution in [2.45, 2.75) is 32.7 Å². The van der Waals surface area contributed by atoms with E-state index in [0.29, 0.717) is 5.56 Å². The van der Waals surface area contributed by atoms with Crippen LogP contribution in [0.1, 0.15) is 36.2 Å². The van der Waals surface area contributed by atoms with Gasteiger partial charge in [-0.15, -0.1) is 0 Å². The normalized spacial score (nSPS) is 14.0. The fourth-order valence-corrected chi connectivity index (χ4v) is 2.45. The van der Waals surface area contributed by atoms with Gasteiger partial charge in [0.1, 0.15) is 5.82 Å². The molecule has 1 aliphatic rings. The first-order valence-electron chi connectivity index (χ1n) is 8.07. The Balaban J connectivity index is 1.91. The smallest absolute Gasteiger partial charge is 0.252 e. The Morgan fingerprint density at radius 3 is 2.96 bits per heavy atom. The first-order valence-corrected chi connectivity index (χ1v) is 8.07. The number of carbonyl (C=O) groups is 2. The van der Waals surface area contributed by atoms with Crippen LogP contribution in [0.4, 0.5) is 5.82 Å². The van der Waals surface area contributed by atoms with Crippen LogP contribution < -0.4 is 16.0 Å². The summed E-state index contributed by atoms with van der Waals surface area (Å²) in [5.74, 6) is 0.274. The number of amides is 2. The van der Waals surface area contributed by atoms with E-state index >= 15 is 0 Å². The number of aliphatic hydroxyl groups excluding tert-OH is 1. The van der Waals surface area contributed by atoms with E-state index in [4.69, 9.17) is 0 Å². The highest BCUT2D eigenvalue weighted by molar-refractivity contribution is 5.94. The minimum atomic E-state index is -0.538. The molecule has 1 atom stereocenters. The van der Waals surface area contributed by atoms with Crippen LogP contribution in [-0.4, -0.2) is 47.6 Å². The molecular formula is C17H24N4O3. The number of anilines is 1. The number of hydrogen-bond donors (Lipinski definition) is 4. The summed E-state index contributed by atoms with van der Waals surface area (Å²) in [6.45, 7) is 4.41. The number of nitrogens with one attached hydrogen (secondary N) is 3. The Morgan fingerprint density at radius 1 is 1.46 bits per heavy atom. The third-order valence-electron chi connectivity index (χ3n) is 3.64. The van der Waals surface area contributed by atoms with Crippen LogP contribution in [0.3, 0.4) is 0 Å². The minimum Gasteiger partial charge on any atom is -0.394 e. The van der Waals surface area contributed by atoms with Crippen molar-refractivity contribution in [1.82, 2.24) is 15.6 Å². The summed E-state index contributed by atoms with van der Waals surface area (Å²) in [5, 5.41) is 17.9. The zero-order valence-corrected chi connectivity index (χ0v) is 14.1. The molecule has 0 unspecified atom stereocenters. The molecule has 0 bridgehead atoms. The first-order chi connectivity index (χ1) is 11.5. The number of rotatable bonds is 6. The van der Waals surface area contributed by atoms with Crippen LogP contribution >= 0.6 is 0 Å². The molecule has 24 heavy (non-hydrogen) atoms. The summed E-state index contributed by atoms with van der Waals surface area (Å²) >= 11 is 0. The highest BCUT2D eigenvalue weighted by Crippen LogP contribution is 2.19. The zero-order chi connectivity index (χ0) is 17.5. The number of fused-ring (bicyclic) bond motifs is 1. The number of pyridine rings is 1. The van der Waals surface area contributed by atoms with Gasteiger partial charge >= 0.3 is 0 Å². The fraction of sp³-hybridized carbons (Fsp3) is 0.471. The largest absolute Gasteiger partial charge is 0.394 e. The zero-order valence-electron chi connectivity index (χ0n) is 14.1. The van der Waals surface area contributed by atoms with Crippen LogP contribution in [0.2, 0.25) is 0 Å². The molecule has 2 amide bonds. The maximum absolute atomic E-state index is 12.2. The SMILES string of the molecule is CC(C)=CC(=O)N[C@@H](CO)CNC(=O)c1cnc2c(c1)CCCN2. The van der Waals surface area contributed by atoms with Gasteiger partial charge in [0.05, 0.1) is 18.2 Å². The molecule has 2 rings (SSSR count). The molecule has 0 saturated heterocycles. The van der Waals surface area contributed by atoms with Gasteiger partial charge < -0.3 is 21.1 Å². The Morgan fingerprint density at radius 2 is 2.25 bits per heavy atom. The van der Waals surface area contributed by atoms with Gasteiger partial charge in [-0.05, 0) is 38.3 Å². The van der Waals surface area contributed by atoms with Crippen molar-refractivity contribution in [2.24, 2.45) is 0 Å². The topological polar surface area (TPSA) is 103 Å². The summed E-state index contributed by atoms with van der Waals surface area (Å²) in [4.78, 5) is 28.2. The van der Waals surface area contributed by atoms with Gasteiger partial charge in [-0.25, -0.2) is 4.98 Å². The first kappa shape index (κ1) is 17.9. The van der Waals surface area contributed by atoms with Gasteiger partial charge in [-0.3, -0.25) is 9.59 Å². The minimum absolute atomic E-state index is 0.146. The van der Waals surface area contributed by atoms with Crippen molar-refractivity contribution in [3.63, 3.8) is 0 Å². The molecule has 130 valence electrons. The summed E-state index contributed by atoms with van der Waals surface area (Å²) in [6.07, 6.45) is 4.89. The molecule has 1 aromatic heterocycles. The maximum atomic E-state index is 12.2. The van der Waals surface area contributed by atoms with E-state index in [1.807, 2.05) is 19.9 Å². The van der Waals surface area contributed by atoms with Crippen molar-refractivity contribution in [3.05, 3.63) is 35.0 Å². The molecule has 7 heteroatoms. The summed E-state index contributed by atoms with van der Waals surface area (Å²) < 4.78 is 0. The molecule has 1 aromatic rings. The molecule has 4 N–H and O–H groups in total. The third-order valence-corrected chi connectivity index (χ3v) is 3.64. The van der Waals surface area contributed by atoms with Crippen molar-refractivity contribution < 1.29 is 14.7 Å². The summed E-state index contributed by atoms with van der Waals surface area (Å²) in [6, 6.07) is 1.30. The maximum Gasteiger partial charge on any atom is 0.252 e. The summed E-state index contributed by atoms with van der Waals surface area (Å²) in [5.41, 5.74) is 2.37. The lowest BCUT2D eigenvalue weighted by molar-refractivity contribution is -0.117. The van der Waals surface area contributed by atoms with Crippen LogP contribution in [0.5, 0.6) is 0 Å². The lowest BCUT2D eigenvalue weighted by Gasteiger charge is -2.18. The Hall–Kier alpha value is -2.41. The van der Waals surface area contributed by atoms with E-state index in [-0.39, 0.29) is 25.0 Å². The second-order valence-electron chi connectivity index (χ2n) is 6.08. The molecule has 1 aliphatic heterocycles. The van der Waals surface area contributed by atoms with E-state index in [1.165, 1.54) is 12.3 Å². The van der Waals surface area contributed by atoms with Crippen molar-refractivity contribution >= 4 is 17.6 Å². The number of aryl methyl sites for hydroxylation is 1. The third kappa shape index (κ3) is 5.06. The van der Waals surface area contributed by atoms with Gasteiger partial charge in [0.15, 0.2) is 0 Å². The molecule has 7 nitrogen and oxygen atoms in total. The number of hydrogen-bond acceptors (Lipinski definition) is 5. The predicted molar refractivity (Wildman–Crippen MR) is 91.8 cm³/mol. The van der Waals surface area contributed by atoms with E-state index < -0.39 is 6.04 Å². The van der Waals surface area contributed by atoms with Crippen molar-refractivity contribution in [1.29, 1.82) is 0 Å². The van der Waals surface area contributed by atoms with Crippen molar-refractivity contribution in [3.8, 4) is 0 Å². The highest BCUT2D eigenvalue weighted by Gasteiger charge is 2.15. The molecule has 0 saturated carbocycles. The quantitative estimate of drug-likeness (QED) is 0.572. The van der Waals surface area contributed by atoms with Crippen LogP contribution in [0.25, 0.3) is 0 Å². The van der Waals surface area contributed by atoms with E-state index in [2.05, 4.69) is 20.9 Å². The fourth-order valence-electron chi connectivity index (χ4n) is 2.45. The number of carbonyl (C=O) groups excluding carboxylic acids is 2. The number of aliphatic hydroxyl groups is 1. The van der Waals surface area contributed by atoms with Crippen LogP contribution in [-0.2, 0) is 11.2 Å². The van der Waals surface area contributed by atoms with Gasteiger partial charge in [0.25, 0.3) is 5.91 Å². The molecule has 0 fully saturated rings. The molecule has 0 aliphatic carbocycles. The molecule has 0 aromatic carbocycles. The van der Waals surface area contributed by atoms with Gasteiger partial charge in [-0.2, -0.15) is 0 Å². The standard InChI is InChI=1S/C17H24N4O3/c1-11(2)6-15(23)21-14(10-22)9-20-17(24)13-7-12-4-3-5-18-16(12)19-8-13/h6-8,14,22H,3-5,9-10H2,1-2H3,(H,18,19)(H,20,24)(H,21,23)/t14-/m1/s1. The molecular weight excluding hydrogens is 308 g/mol. The average Bonchev–Trinajstić information content (AvgIpc) is 2.57. The van der Waals surface area contributed by atoms with E-state index in [1.54, 1.807) is 0 Å². The molecule has 0 spiro atoms. The number of nitrogens with zero attached hydrogens (tertiary/aromatic N) is 1. The Labute approximate surface area is 141 Å². The second-order valence-corrected chi connectivity index (χ2v) is 6.08.